The number of hydrogen-bond acceptors (Lipinski definition) is 0. The number of hydrogen-bond donors (Lipinski definition) is 0. The van der Waals surface area contributed by atoms with Gasteiger partial charge in [-0.25, -0.2) is 0 Å². The molecule has 0 spiro atoms. The zero-order valence-corrected chi connectivity index (χ0v) is 9.14. The van der Waals surface area contributed by atoms with Gasteiger partial charge in [-0.15, -0.1) is 0 Å². The summed E-state index contributed by atoms with van der Waals surface area (Å²) < 4.78 is 0. The molecule has 0 saturated heterocycles. The van der Waals surface area contributed by atoms with Gasteiger partial charge in [0.2, 0.25) is 0 Å². The largest absolute Gasteiger partial charge is 2.00 e. The molecule has 0 fully saturated rings. The first-order valence-corrected chi connectivity index (χ1v) is 0. The van der Waals surface area contributed by atoms with Gasteiger partial charge in [-0.05, 0) is 0 Å². The minimum Gasteiger partial charge on any atom is -1.00 e. The van der Waals surface area contributed by atoms with Crippen LogP contribution in [0.5, 0.6) is 0 Å². The second kappa shape index (κ2) is 16.9. The summed E-state index contributed by atoms with van der Waals surface area (Å²) in [5, 5.41) is 0. The molecule has 3 radical (unpaired) electrons. The average Bonchev–Trinajstić information content (AvgIpc) is 0. The molecule has 0 aromatic carbocycles. The van der Waals surface area contributed by atoms with Crippen LogP contribution in [0.2, 0.25) is 0 Å². The summed E-state index contributed by atoms with van der Waals surface area (Å²) in [5.74, 6) is 0. The van der Waals surface area contributed by atoms with Gasteiger partial charge >= 0.3 is 86.6 Å². The van der Waals surface area contributed by atoms with Gasteiger partial charge in [0.15, 0.2) is 0 Å². The summed E-state index contributed by atoms with van der Waals surface area (Å²) in [4.78, 5) is 0. The van der Waals surface area contributed by atoms with Crippen LogP contribution < -0.4 is 0 Å². The topological polar surface area (TPSA) is 31.5 Å². The van der Waals surface area contributed by atoms with Crippen molar-refractivity contribution in [3.63, 3.8) is 0 Å². The molecule has 0 aliphatic carbocycles. The monoisotopic (exact) mass is 211 g/mol. The normalized spacial score (nSPS) is 0. The molecular weight excluding hydrogens is 204 g/mol. The van der Waals surface area contributed by atoms with Crippen LogP contribution in [0.3, 0.4) is 0 Å². The summed E-state index contributed by atoms with van der Waals surface area (Å²) in [6.45, 7) is 0. The molecule has 0 unspecified atom stereocenters. The molecular formula is H6BBaCaO. The van der Waals surface area contributed by atoms with E-state index >= 15 is 0 Å². The predicted octanol–water partition coefficient (Wildman–Crippen LogP) is -1.52. The van der Waals surface area contributed by atoms with Crippen LogP contribution in [0.1, 0.15) is 5.71 Å². The van der Waals surface area contributed by atoms with E-state index in [1.807, 2.05) is 0 Å². The van der Waals surface area contributed by atoms with Crippen molar-refractivity contribution in [2.75, 3.05) is 0 Å². The van der Waals surface area contributed by atoms with Crippen molar-refractivity contribution in [2.24, 2.45) is 0 Å². The molecule has 2 N–H and O–H groups in total. The number of rotatable bonds is 0. The van der Waals surface area contributed by atoms with Crippen molar-refractivity contribution in [1.82, 2.24) is 0 Å². The van der Waals surface area contributed by atoms with Crippen molar-refractivity contribution < 1.29 is 11.2 Å². The van der Waals surface area contributed by atoms with E-state index in [-0.39, 0.29) is 106 Å². The second-order valence-electron chi connectivity index (χ2n) is 0. The fourth-order valence-electron chi connectivity index (χ4n) is 0. The first-order valence-electron chi connectivity index (χ1n) is 0. The van der Waals surface area contributed by atoms with Crippen molar-refractivity contribution in [2.45, 2.75) is 0 Å². The molecule has 0 rings (SSSR count). The Morgan fingerprint density at radius 3 is 1.25 bits per heavy atom. The van der Waals surface area contributed by atoms with E-state index in [2.05, 4.69) is 0 Å². The van der Waals surface area contributed by atoms with E-state index < -0.39 is 0 Å². The molecule has 0 bridgehead atoms. The first kappa shape index (κ1) is 28.8. The summed E-state index contributed by atoms with van der Waals surface area (Å²) in [5.41, 5.74) is 0. The maximum Gasteiger partial charge on any atom is 2.00 e. The third-order valence-electron chi connectivity index (χ3n) is 0. The van der Waals surface area contributed by atoms with Gasteiger partial charge in [0.25, 0.3) is 0 Å². The zero-order valence-electron chi connectivity index (χ0n) is 6.49. The third kappa shape index (κ3) is 8.85. The van der Waals surface area contributed by atoms with Crippen LogP contribution in [0.15, 0.2) is 0 Å². The quantitative estimate of drug-likeness (QED) is 0.435. The fourth-order valence-corrected chi connectivity index (χ4v) is 0. The summed E-state index contributed by atoms with van der Waals surface area (Å²) in [6.07, 6.45) is 0. The van der Waals surface area contributed by atoms with Crippen molar-refractivity contribution in [3.05, 3.63) is 0 Å². The zero-order chi connectivity index (χ0) is 0. The Kier molecular flexibility index (Phi) is 122. The molecule has 0 amide bonds. The average molecular weight is 210 g/mol. The van der Waals surface area contributed by atoms with Gasteiger partial charge in [0.1, 0.15) is 0 Å². The van der Waals surface area contributed by atoms with Crippen molar-refractivity contribution in [1.29, 1.82) is 0 Å². The van der Waals surface area contributed by atoms with Crippen molar-refractivity contribution in [3.8, 4) is 0 Å². The summed E-state index contributed by atoms with van der Waals surface area (Å²) in [6, 6.07) is 0. The molecule has 0 atom stereocenters. The van der Waals surface area contributed by atoms with Crippen LogP contribution in [-0.4, -0.2) is 101 Å². The minimum absolute atomic E-state index is 0. The van der Waals surface area contributed by atoms with Gasteiger partial charge in [-0.3, -0.25) is 0 Å². The Morgan fingerprint density at radius 2 is 1.25 bits per heavy atom. The van der Waals surface area contributed by atoms with E-state index in [1.165, 1.54) is 0 Å². The van der Waals surface area contributed by atoms with E-state index in [4.69, 9.17) is 0 Å². The van der Waals surface area contributed by atoms with Crippen LogP contribution in [-0.2, 0) is 0 Å². The second-order valence-corrected chi connectivity index (χ2v) is 0. The Morgan fingerprint density at radius 1 is 1.25 bits per heavy atom. The van der Waals surface area contributed by atoms with Gasteiger partial charge in [-0.1, -0.05) is 0 Å². The van der Waals surface area contributed by atoms with E-state index in [0.717, 1.165) is 0 Å². The van der Waals surface area contributed by atoms with Crippen molar-refractivity contribution >= 4 is 95.0 Å². The molecule has 1 nitrogen and oxygen atoms in total. The fraction of sp³-hybridized carbons (Fsp3) is 0. The summed E-state index contributed by atoms with van der Waals surface area (Å²) >= 11 is 0. The molecule has 0 aromatic heterocycles. The van der Waals surface area contributed by atoms with Gasteiger partial charge in [0.05, 0.1) is 0 Å². The van der Waals surface area contributed by atoms with E-state index in [1.54, 1.807) is 0 Å². The first-order chi connectivity index (χ1) is 0. The molecule has 0 saturated carbocycles. The van der Waals surface area contributed by atoms with Gasteiger partial charge in [0, 0.05) is 8.41 Å². The van der Waals surface area contributed by atoms with E-state index in [9.17, 15) is 0 Å². The molecule has 0 heterocycles. The molecule has 4 heteroatoms. The van der Waals surface area contributed by atoms with Gasteiger partial charge < -0.3 is 11.2 Å². The minimum atomic E-state index is 0. The maximum absolute atomic E-state index is 0. The van der Waals surface area contributed by atoms with Crippen LogP contribution in [0.25, 0.3) is 0 Å². The molecule has 0 aliphatic rings. The Bertz CT molecular complexity index is 16.0. The third-order valence-corrected chi connectivity index (χ3v) is 0. The predicted molar refractivity (Wildman–Crippen MR) is 25.3 cm³/mol. The summed E-state index contributed by atoms with van der Waals surface area (Å²) in [7, 11) is 0. The smallest absolute Gasteiger partial charge is 1.00 e. The maximum atomic E-state index is 0. The molecule has 19 valence electrons. The van der Waals surface area contributed by atoms with E-state index in [0.29, 0.717) is 0 Å². The SMILES string of the molecule is O.[B].[Ba+2].[Ca+2].[H-].[H-].[H-].[H-]. The van der Waals surface area contributed by atoms with Crippen LogP contribution >= 0.6 is 0 Å². The molecule has 0 aliphatic heterocycles. The molecule has 0 aromatic rings. The Balaban J connectivity index is 0. The Labute approximate surface area is 104 Å². The standard InChI is InChI=1S/B.Ba.Ca.H2O.4H/h;;;1H2;;;;/q;2*+2;;4*-1. The van der Waals surface area contributed by atoms with Crippen LogP contribution in [0, 0.1) is 0 Å². The van der Waals surface area contributed by atoms with Crippen LogP contribution in [0.4, 0.5) is 0 Å². The van der Waals surface area contributed by atoms with Gasteiger partial charge in [-0.2, -0.15) is 0 Å². The molecule has 4 heavy (non-hydrogen) atoms. The Hall–Kier alpha value is 2.86.